The molecule has 0 unspecified atom stereocenters. The fourth-order valence-electron chi connectivity index (χ4n) is 4.47. The van der Waals surface area contributed by atoms with Crippen molar-refractivity contribution in [1.29, 1.82) is 0 Å². The summed E-state index contributed by atoms with van der Waals surface area (Å²) in [5.41, 5.74) is 4.56. The minimum Gasteiger partial charge on any atom is -0.416 e. The van der Waals surface area contributed by atoms with Crippen LogP contribution >= 0.6 is 11.6 Å². The predicted molar refractivity (Wildman–Crippen MR) is 121 cm³/mol. The van der Waals surface area contributed by atoms with E-state index in [2.05, 4.69) is 39.5 Å². The molecule has 0 amide bonds. The van der Waals surface area contributed by atoms with Gasteiger partial charge in [-0.15, -0.1) is 0 Å². The van der Waals surface area contributed by atoms with Gasteiger partial charge in [-0.1, -0.05) is 23.7 Å². The van der Waals surface area contributed by atoms with E-state index >= 15 is 0 Å². The van der Waals surface area contributed by atoms with Crippen LogP contribution in [0.1, 0.15) is 29.5 Å². The van der Waals surface area contributed by atoms with Crippen LogP contribution in [0.4, 0.5) is 5.69 Å². The summed E-state index contributed by atoms with van der Waals surface area (Å²) in [6.07, 6.45) is 2.70. The Labute approximate surface area is 190 Å². The number of aromatic nitrogens is 1. The smallest absolute Gasteiger partial charge is 0.309 e. The lowest BCUT2D eigenvalue weighted by molar-refractivity contribution is -0.225. The van der Waals surface area contributed by atoms with Crippen LogP contribution in [0.5, 0.6) is 0 Å². The average molecular weight is 454 g/mol. The average Bonchev–Trinajstić information content (AvgIpc) is 2.95. The second kappa shape index (κ2) is 8.15. The maximum atomic E-state index is 12.3. The predicted octanol–water partition coefficient (Wildman–Crippen LogP) is 3.62. The lowest BCUT2D eigenvalue weighted by Gasteiger charge is -2.32. The summed E-state index contributed by atoms with van der Waals surface area (Å²) in [4.78, 5) is 24.5. The molecule has 3 heterocycles. The Bertz CT molecular complexity index is 1200. The minimum atomic E-state index is -1.49. The molecule has 0 aliphatic carbocycles. The number of carbonyl (C=O) groups excluding carboxylic acids is 2. The van der Waals surface area contributed by atoms with E-state index in [1.54, 1.807) is 12.1 Å². The van der Waals surface area contributed by atoms with E-state index in [1.807, 2.05) is 13.2 Å². The van der Waals surface area contributed by atoms with E-state index in [0.717, 1.165) is 22.3 Å². The Morgan fingerprint density at radius 1 is 1.09 bits per heavy atom. The maximum Gasteiger partial charge on any atom is 0.309 e. The molecule has 2 N–H and O–H groups in total. The van der Waals surface area contributed by atoms with E-state index in [1.165, 1.54) is 5.39 Å². The summed E-state index contributed by atoms with van der Waals surface area (Å²) in [5, 5.41) is 8.46. The lowest BCUT2D eigenvalue weighted by Crippen LogP contribution is -2.43. The molecular formula is C24H24ClN3O4. The molecule has 1 fully saturated rings. The number of carbonyl (C=O) groups is 2. The molecule has 0 bridgehead atoms. The monoisotopic (exact) mass is 453 g/mol. The summed E-state index contributed by atoms with van der Waals surface area (Å²) in [6.45, 7) is 1.40. The number of anilines is 1. The number of hydrogen-bond acceptors (Lipinski definition) is 6. The van der Waals surface area contributed by atoms with Gasteiger partial charge in [0, 0.05) is 30.9 Å². The van der Waals surface area contributed by atoms with Crippen LogP contribution in [0.3, 0.4) is 0 Å². The summed E-state index contributed by atoms with van der Waals surface area (Å²) in [6, 6.07) is 12.0. The molecule has 0 atom stereocenters. The van der Waals surface area contributed by atoms with E-state index in [-0.39, 0.29) is 19.4 Å². The first-order chi connectivity index (χ1) is 15.4. The molecule has 1 spiro atoms. The third-order valence-corrected chi connectivity index (χ3v) is 6.41. The number of fused-ring (bicyclic) bond motifs is 3. The summed E-state index contributed by atoms with van der Waals surface area (Å²) < 4.78 is 13.5. The molecule has 0 radical (unpaired) electrons. The molecule has 5 rings (SSSR count). The van der Waals surface area contributed by atoms with Crippen molar-refractivity contribution in [3.8, 4) is 0 Å². The number of ether oxygens (including phenoxy) is 2. The van der Waals surface area contributed by atoms with Crippen molar-refractivity contribution in [1.82, 2.24) is 9.88 Å². The van der Waals surface area contributed by atoms with Crippen molar-refractivity contribution >= 4 is 40.1 Å². The maximum absolute atomic E-state index is 12.3. The second-order valence-corrected chi connectivity index (χ2v) is 8.66. The van der Waals surface area contributed by atoms with Crippen molar-refractivity contribution < 1.29 is 19.1 Å². The van der Waals surface area contributed by atoms with Crippen molar-refractivity contribution in [3.63, 3.8) is 0 Å². The van der Waals surface area contributed by atoms with Crippen LogP contribution in [-0.2, 0) is 44.9 Å². The lowest BCUT2D eigenvalue weighted by atomic mass is 9.96. The molecular weight excluding hydrogens is 430 g/mol. The van der Waals surface area contributed by atoms with Crippen molar-refractivity contribution in [2.45, 2.75) is 31.6 Å². The van der Waals surface area contributed by atoms with Crippen LogP contribution in [0, 0.1) is 0 Å². The van der Waals surface area contributed by atoms with Gasteiger partial charge in [0.15, 0.2) is 0 Å². The highest BCUT2D eigenvalue weighted by molar-refractivity contribution is 6.33. The van der Waals surface area contributed by atoms with Gasteiger partial charge in [-0.25, -0.2) is 0 Å². The molecule has 1 aromatic heterocycles. The highest BCUT2D eigenvalue weighted by atomic mass is 35.5. The normalized spacial score (nSPS) is 17.9. The number of halogens is 1. The van der Waals surface area contributed by atoms with Crippen LogP contribution in [0.2, 0.25) is 5.02 Å². The molecule has 0 saturated carbocycles. The Morgan fingerprint density at radius 2 is 1.88 bits per heavy atom. The summed E-state index contributed by atoms with van der Waals surface area (Å²) >= 11 is 6.60. The molecule has 32 heavy (non-hydrogen) atoms. The zero-order valence-corrected chi connectivity index (χ0v) is 18.5. The topological polar surface area (TPSA) is 81.6 Å². The zero-order chi connectivity index (χ0) is 22.3. The fraction of sp³-hybridized carbons (Fsp3) is 0.333. The van der Waals surface area contributed by atoms with Gasteiger partial charge in [0.1, 0.15) is 0 Å². The summed E-state index contributed by atoms with van der Waals surface area (Å²) in [7, 11) is 2.02. The van der Waals surface area contributed by atoms with E-state index < -0.39 is 17.7 Å². The first-order valence-corrected chi connectivity index (χ1v) is 11.1. The van der Waals surface area contributed by atoms with Gasteiger partial charge in [-0.2, -0.15) is 0 Å². The number of rotatable bonds is 3. The molecule has 3 aromatic rings. The highest BCUT2D eigenvalue weighted by Gasteiger charge is 2.45. The van der Waals surface area contributed by atoms with Crippen LogP contribution in [-0.4, -0.2) is 29.6 Å². The van der Waals surface area contributed by atoms with Gasteiger partial charge in [0.2, 0.25) is 0 Å². The van der Waals surface area contributed by atoms with Gasteiger partial charge in [0.25, 0.3) is 5.79 Å². The minimum absolute atomic E-state index is 0.0102. The molecule has 8 heteroatoms. The van der Waals surface area contributed by atoms with Crippen LogP contribution in [0.25, 0.3) is 10.9 Å². The number of hydrogen-bond donors (Lipinski definition) is 2. The van der Waals surface area contributed by atoms with Crippen molar-refractivity contribution in [2.75, 3.05) is 18.4 Å². The Kier molecular flexibility index (Phi) is 5.31. The Balaban J connectivity index is 1.51. The largest absolute Gasteiger partial charge is 0.416 e. The van der Waals surface area contributed by atoms with E-state index in [9.17, 15) is 9.59 Å². The second-order valence-electron chi connectivity index (χ2n) is 8.25. The zero-order valence-electron chi connectivity index (χ0n) is 17.7. The van der Waals surface area contributed by atoms with Gasteiger partial charge < -0.3 is 24.7 Å². The van der Waals surface area contributed by atoms with Crippen molar-refractivity contribution in [2.24, 2.45) is 7.05 Å². The summed E-state index contributed by atoms with van der Waals surface area (Å²) in [5.74, 6) is -2.39. The molecule has 1 saturated heterocycles. The quantitative estimate of drug-likeness (QED) is 0.589. The number of esters is 2. The SMILES string of the molecule is Cn1ccc2ccc(CNc3c(Cl)ccc4c3CCNCC43OC(=O)CCC(=O)O3)cc21. The first kappa shape index (κ1) is 20.8. The van der Waals surface area contributed by atoms with Gasteiger partial charge in [0.05, 0.1) is 30.1 Å². The molecule has 2 aliphatic rings. The Morgan fingerprint density at radius 3 is 2.66 bits per heavy atom. The van der Waals surface area contributed by atoms with Gasteiger partial charge >= 0.3 is 11.9 Å². The third kappa shape index (κ3) is 3.72. The number of nitrogens with one attached hydrogen (secondary N) is 2. The molecule has 2 aromatic carbocycles. The van der Waals surface area contributed by atoms with Crippen LogP contribution in [0.15, 0.2) is 42.6 Å². The molecule has 2 aliphatic heterocycles. The van der Waals surface area contributed by atoms with Crippen LogP contribution < -0.4 is 10.6 Å². The van der Waals surface area contributed by atoms with Crippen molar-refractivity contribution in [3.05, 3.63) is 64.3 Å². The molecule has 166 valence electrons. The third-order valence-electron chi connectivity index (χ3n) is 6.09. The number of benzene rings is 2. The molecule has 7 nitrogen and oxygen atoms in total. The first-order valence-electron chi connectivity index (χ1n) is 10.7. The Hall–Kier alpha value is -3.03. The van der Waals surface area contributed by atoms with Gasteiger partial charge in [-0.3, -0.25) is 9.59 Å². The fourth-order valence-corrected chi connectivity index (χ4v) is 4.72. The number of aryl methyl sites for hydroxylation is 1. The van der Waals surface area contributed by atoms with E-state index in [0.29, 0.717) is 30.1 Å². The van der Waals surface area contributed by atoms with Gasteiger partial charge in [-0.05, 0) is 53.7 Å². The van der Waals surface area contributed by atoms with E-state index in [4.69, 9.17) is 21.1 Å². The number of nitrogens with zero attached hydrogens (tertiary/aromatic N) is 1. The highest BCUT2D eigenvalue weighted by Crippen LogP contribution is 2.40. The standard InChI is InChI=1S/C24H24ClN3O4/c1-28-11-9-16-3-2-15(12-20(16)28)13-27-23-17-8-10-26-14-24(18(17)4-5-19(23)25)31-21(29)6-7-22(30)32-24/h2-5,9,11-12,26-27H,6-8,10,13-14H2,1H3.